The van der Waals surface area contributed by atoms with Gasteiger partial charge >= 0.3 is 0 Å². The fourth-order valence-corrected chi connectivity index (χ4v) is 5.22. The Morgan fingerprint density at radius 2 is 2.00 bits per heavy atom. The number of fused-ring (bicyclic) bond motifs is 1. The molecule has 0 fully saturated rings. The molecule has 0 saturated carbocycles. The number of benzene rings is 1. The lowest BCUT2D eigenvalue weighted by Gasteiger charge is -2.32. The van der Waals surface area contributed by atoms with E-state index in [1.54, 1.807) is 0 Å². The highest BCUT2D eigenvalue weighted by atomic mass is 32.2. The number of aliphatic carboxylic acids is 1. The molecule has 30 heavy (non-hydrogen) atoms. The molecule has 3 rings (SSSR count). The van der Waals surface area contributed by atoms with E-state index in [9.17, 15) is 9.90 Å². The van der Waals surface area contributed by atoms with Gasteiger partial charge in [0.25, 0.3) is 0 Å². The molecule has 0 unspecified atom stereocenters. The number of nitrogens with zero attached hydrogens (tertiary/aromatic N) is 2. The molecule has 0 N–H and O–H groups in total. The van der Waals surface area contributed by atoms with Crippen molar-refractivity contribution >= 4 is 17.7 Å². The maximum Gasteiger partial charge on any atom is 0.131 e. The van der Waals surface area contributed by atoms with Gasteiger partial charge in [0.1, 0.15) is 5.69 Å². The first-order valence-corrected chi connectivity index (χ1v) is 11.7. The molecule has 0 bridgehead atoms. The molecule has 158 valence electrons. The van der Waals surface area contributed by atoms with Crippen LogP contribution in [-0.2, 0) is 23.1 Å². The standard InChI is InChI=1S/C25H30N2O2S/c1-4-5-6-7-8-18-14-23-22(25(2,3)11-12-30-23)13-19(18)9-10-20-16-27-21(17-26-20)15-24(28)29/h13-14,16-17H,4-8,11-12,15H2,1-3H3,(H,28,29)/p-1. The average molecular weight is 422 g/mol. The lowest BCUT2D eigenvalue weighted by atomic mass is 9.80. The average Bonchev–Trinajstić information content (AvgIpc) is 2.70. The van der Waals surface area contributed by atoms with Gasteiger partial charge in [0.05, 0.1) is 18.1 Å². The number of thioether (sulfide) groups is 1. The number of aromatic nitrogens is 2. The van der Waals surface area contributed by atoms with Gasteiger partial charge in [0, 0.05) is 22.8 Å². The highest BCUT2D eigenvalue weighted by molar-refractivity contribution is 7.99. The number of unbranched alkanes of at least 4 members (excludes halogenated alkanes) is 3. The monoisotopic (exact) mass is 421 g/mol. The van der Waals surface area contributed by atoms with Gasteiger partial charge in [0.2, 0.25) is 0 Å². The van der Waals surface area contributed by atoms with Crippen molar-refractivity contribution in [1.29, 1.82) is 0 Å². The van der Waals surface area contributed by atoms with Crippen molar-refractivity contribution in [2.45, 2.75) is 76.0 Å². The molecule has 0 saturated heterocycles. The number of hydrogen-bond acceptors (Lipinski definition) is 5. The van der Waals surface area contributed by atoms with Crippen LogP contribution >= 0.6 is 11.8 Å². The van der Waals surface area contributed by atoms with Crippen LogP contribution in [0.1, 0.15) is 81.0 Å². The minimum atomic E-state index is -1.16. The third-order valence-corrected chi connectivity index (χ3v) is 6.63. The van der Waals surface area contributed by atoms with E-state index in [0.717, 1.165) is 17.7 Å². The molecule has 1 aliphatic heterocycles. The highest BCUT2D eigenvalue weighted by Gasteiger charge is 2.28. The summed E-state index contributed by atoms with van der Waals surface area (Å²) in [5.74, 6) is 6.45. The zero-order valence-electron chi connectivity index (χ0n) is 18.1. The second-order valence-corrected chi connectivity index (χ2v) is 9.63. The Bertz CT molecular complexity index is 956. The quantitative estimate of drug-likeness (QED) is 0.498. The summed E-state index contributed by atoms with van der Waals surface area (Å²) in [5.41, 5.74) is 4.84. The third-order valence-electron chi connectivity index (χ3n) is 5.57. The molecule has 2 heterocycles. The summed E-state index contributed by atoms with van der Waals surface area (Å²) < 4.78 is 0. The van der Waals surface area contributed by atoms with E-state index in [1.165, 1.54) is 60.5 Å². The Hall–Kier alpha value is -2.32. The van der Waals surface area contributed by atoms with E-state index >= 15 is 0 Å². The number of carboxylic acid groups (broad SMARTS) is 1. The molecular formula is C25H29N2O2S-. The van der Waals surface area contributed by atoms with E-state index in [2.05, 4.69) is 54.7 Å². The van der Waals surface area contributed by atoms with Gasteiger partial charge in [-0.3, -0.25) is 4.98 Å². The fraction of sp³-hybridized carbons (Fsp3) is 0.480. The van der Waals surface area contributed by atoms with Gasteiger partial charge in [-0.1, -0.05) is 46.0 Å². The molecular weight excluding hydrogens is 392 g/mol. The van der Waals surface area contributed by atoms with E-state index < -0.39 is 5.97 Å². The first-order chi connectivity index (χ1) is 14.4. The molecule has 5 heteroatoms. The van der Waals surface area contributed by atoms with Gasteiger partial charge in [0.15, 0.2) is 0 Å². The van der Waals surface area contributed by atoms with Crippen molar-refractivity contribution in [2.24, 2.45) is 0 Å². The van der Waals surface area contributed by atoms with Crippen LogP contribution < -0.4 is 5.11 Å². The molecule has 2 aromatic rings. The molecule has 0 amide bonds. The predicted molar refractivity (Wildman–Crippen MR) is 119 cm³/mol. The highest BCUT2D eigenvalue weighted by Crippen LogP contribution is 2.42. The van der Waals surface area contributed by atoms with Crippen molar-refractivity contribution in [3.8, 4) is 11.8 Å². The number of rotatable bonds is 7. The molecule has 1 aliphatic rings. The summed E-state index contributed by atoms with van der Waals surface area (Å²) >= 11 is 1.95. The molecule has 0 radical (unpaired) electrons. The van der Waals surface area contributed by atoms with Crippen LogP contribution in [0, 0.1) is 11.8 Å². The van der Waals surface area contributed by atoms with E-state index in [-0.39, 0.29) is 11.8 Å². The smallest absolute Gasteiger partial charge is 0.131 e. The van der Waals surface area contributed by atoms with E-state index in [0.29, 0.717) is 11.4 Å². The van der Waals surface area contributed by atoms with Gasteiger partial charge in [-0.15, -0.1) is 11.8 Å². The summed E-state index contributed by atoms with van der Waals surface area (Å²) in [4.78, 5) is 20.5. The van der Waals surface area contributed by atoms with Gasteiger partial charge in [-0.25, -0.2) is 4.98 Å². The predicted octanol–water partition coefficient (Wildman–Crippen LogP) is 4.07. The normalized spacial score (nSPS) is 14.5. The minimum Gasteiger partial charge on any atom is -0.550 e. The number of aryl methyl sites for hydroxylation is 1. The zero-order chi connectivity index (χ0) is 21.6. The summed E-state index contributed by atoms with van der Waals surface area (Å²) in [7, 11) is 0. The van der Waals surface area contributed by atoms with Crippen LogP contribution in [0.4, 0.5) is 0 Å². The van der Waals surface area contributed by atoms with E-state index in [4.69, 9.17) is 0 Å². The Kier molecular flexibility index (Phi) is 7.55. The Morgan fingerprint density at radius 1 is 1.17 bits per heavy atom. The zero-order valence-corrected chi connectivity index (χ0v) is 18.9. The maximum absolute atomic E-state index is 10.7. The van der Waals surface area contributed by atoms with Crippen molar-refractivity contribution in [2.75, 3.05) is 5.75 Å². The number of carbonyl (C=O) groups excluding carboxylic acids is 1. The fourth-order valence-electron chi connectivity index (χ4n) is 3.68. The molecule has 4 nitrogen and oxygen atoms in total. The Labute approximate surface area is 183 Å². The number of carboxylic acids is 1. The summed E-state index contributed by atoms with van der Waals surface area (Å²) in [5, 5.41) is 10.7. The minimum absolute atomic E-state index is 0.157. The summed E-state index contributed by atoms with van der Waals surface area (Å²) in [6.07, 6.45) is 9.86. The topological polar surface area (TPSA) is 65.9 Å². The molecule has 0 aliphatic carbocycles. The number of carbonyl (C=O) groups is 1. The second-order valence-electron chi connectivity index (χ2n) is 8.49. The van der Waals surface area contributed by atoms with Crippen molar-refractivity contribution in [3.05, 3.63) is 52.6 Å². The van der Waals surface area contributed by atoms with Crippen LogP contribution in [0.3, 0.4) is 0 Å². The van der Waals surface area contributed by atoms with Crippen LogP contribution in [0.5, 0.6) is 0 Å². The third kappa shape index (κ3) is 5.86. The van der Waals surface area contributed by atoms with Crippen LogP contribution in [0.25, 0.3) is 0 Å². The lowest BCUT2D eigenvalue weighted by molar-refractivity contribution is -0.304. The van der Waals surface area contributed by atoms with Crippen molar-refractivity contribution in [3.63, 3.8) is 0 Å². The second kappa shape index (κ2) is 10.1. The maximum atomic E-state index is 10.7. The van der Waals surface area contributed by atoms with E-state index in [1.807, 2.05) is 11.8 Å². The van der Waals surface area contributed by atoms with Crippen LogP contribution in [0.2, 0.25) is 0 Å². The summed E-state index contributed by atoms with van der Waals surface area (Å²) in [6, 6.07) is 4.63. The number of hydrogen-bond donors (Lipinski definition) is 0. The Morgan fingerprint density at radius 3 is 2.70 bits per heavy atom. The molecule has 0 atom stereocenters. The Balaban J connectivity index is 1.90. The van der Waals surface area contributed by atoms with Crippen molar-refractivity contribution < 1.29 is 9.90 Å². The molecule has 1 aromatic carbocycles. The first-order valence-electron chi connectivity index (χ1n) is 10.7. The first kappa shape index (κ1) is 22.4. The van der Waals surface area contributed by atoms with Crippen molar-refractivity contribution in [1.82, 2.24) is 9.97 Å². The van der Waals surface area contributed by atoms with Gasteiger partial charge in [-0.05, 0) is 59.6 Å². The largest absolute Gasteiger partial charge is 0.550 e. The van der Waals surface area contributed by atoms with Gasteiger partial charge in [-0.2, -0.15) is 0 Å². The van der Waals surface area contributed by atoms with Crippen LogP contribution in [-0.4, -0.2) is 21.7 Å². The molecule has 1 aromatic heterocycles. The van der Waals surface area contributed by atoms with Crippen LogP contribution in [0.15, 0.2) is 29.4 Å². The molecule has 0 spiro atoms. The van der Waals surface area contributed by atoms with Gasteiger partial charge < -0.3 is 9.90 Å². The lowest BCUT2D eigenvalue weighted by Crippen LogP contribution is -2.24. The summed E-state index contributed by atoms with van der Waals surface area (Å²) in [6.45, 7) is 6.85. The SMILES string of the molecule is CCCCCCc1cc2c(cc1C#Cc1cnc(CC(=O)[O-])cn1)C(C)(C)CCS2.